The van der Waals surface area contributed by atoms with Crippen LogP contribution in [0.25, 0.3) is 5.69 Å². The van der Waals surface area contributed by atoms with Crippen LogP contribution >= 0.6 is 23.2 Å². The van der Waals surface area contributed by atoms with Gasteiger partial charge in [-0.1, -0.05) is 43.5 Å². The first-order valence-electron chi connectivity index (χ1n) is 9.09. The van der Waals surface area contributed by atoms with Crippen molar-refractivity contribution in [1.29, 1.82) is 0 Å². The molecule has 7 heteroatoms. The second-order valence-corrected chi connectivity index (χ2v) is 7.31. The molecule has 0 bridgehead atoms. The van der Waals surface area contributed by atoms with Crippen LogP contribution in [-0.4, -0.2) is 58.2 Å². The van der Waals surface area contributed by atoms with E-state index in [2.05, 4.69) is 23.8 Å². The molecule has 5 nitrogen and oxygen atoms in total. The number of aromatic nitrogens is 2. The first kappa shape index (κ1) is 19.2. The van der Waals surface area contributed by atoms with Crippen LogP contribution in [0.1, 0.15) is 36.3 Å². The Hall–Kier alpha value is -1.56. The number of carbonyl (C=O) groups excluding carboxylic acids is 1. The molecule has 0 N–H and O–H groups in total. The van der Waals surface area contributed by atoms with Crippen molar-refractivity contribution in [2.45, 2.75) is 26.7 Å². The van der Waals surface area contributed by atoms with Crippen molar-refractivity contribution in [3.8, 4) is 5.69 Å². The summed E-state index contributed by atoms with van der Waals surface area (Å²) in [6, 6.07) is 5.40. The number of amides is 1. The molecule has 1 aliphatic heterocycles. The summed E-state index contributed by atoms with van der Waals surface area (Å²) < 4.78 is 1.81. The van der Waals surface area contributed by atoms with E-state index in [4.69, 9.17) is 23.2 Å². The average Bonchev–Trinajstić information content (AvgIpc) is 3.07. The van der Waals surface area contributed by atoms with Crippen LogP contribution in [0.4, 0.5) is 0 Å². The van der Waals surface area contributed by atoms with E-state index in [9.17, 15) is 4.79 Å². The summed E-state index contributed by atoms with van der Waals surface area (Å²) in [6.45, 7) is 8.64. The second kappa shape index (κ2) is 8.42. The molecule has 0 spiro atoms. The molecule has 0 unspecified atom stereocenters. The molecule has 1 aromatic heterocycles. The Kier molecular flexibility index (Phi) is 6.22. The van der Waals surface area contributed by atoms with Gasteiger partial charge in [0.05, 0.1) is 33.2 Å². The third kappa shape index (κ3) is 3.90. The van der Waals surface area contributed by atoms with Gasteiger partial charge >= 0.3 is 0 Å². The molecule has 1 fully saturated rings. The molecule has 1 aromatic carbocycles. The van der Waals surface area contributed by atoms with Gasteiger partial charge in [0, 0.05) is 26.2 Å². The van der Waals surface area contributed by atoms with Gasteiger partial charge in [-0.25, -0.2) is 4.68 Å². The van der Waals surface area contributed by atoms with Gasteiger partial charge in [-0.05, 0) is 31.2 Å². The van der Waals surface area contributed by atoms with E-state index in [1.807, 2.05) is 11.0 Å². The number of nitrogens with zero attached hydrogens (tertiary/aromatic N) is 4. The Bertz CT molecular complexity index is 782. The van der Waals surface area contributed by atoms with Gasteiger partial charge in [0.2, 0.25) is 0 Å². The monoisotopic (exact) mass is 394 g/mol. The van der Waals surface area contributed by atoms with Crippen LogP contribution in [0.3, 0.4) is 0 Å². The van der Waals surface area contributed by atoms with E-state index >= 15 is 0 Å². The minimum Gasteiger partial charge on any atom is -0.336 e. The number of benzene rings is 1. The molecule has 3 rings (SSSR count). The van der Waals surface area contributed by atoms with Crippen molar-refractivity contribution < 1.29 is 4.79 Å². The number of likely N-dealkylation sites (N-methyl/N-ethyl adjacent to an activating group) is 1. The zero-order chi connectivity index (χ0) is 18.7. The van der Waals surface area contributed by atoms with Crippen molar-refractivity contribution in [3.05, 3.63) is 45.7 Å². The largest absolute Gasteiger partial charge is 0.336 e. The Morgan fingerprint density at radius 3 is 2.46 bits per heavy atom. The fourth-order valence-corrected chi connectivity index (χ4v) is 3.60. The fraction of sp³-hybridized carbons (Fsp3) is 0.474. The summed E-state index contributed by atoms with van der Waals surface area (Å²) >= 11 is 12.2. The number of hydrogen-bond acceptors (Lipinski definition) is 3. The van der Waals surface area contributed by atoms with Crippen molar-refractivity contribution in [2.75, 3.05) is 32.7 Å². The lowest BCUT2D eigenvalue weighted by atomic mass is 10.1. The highest BCUT2D eigenvalue weighted by molar-refractivity contribution is 6.42. The molecule has 0 saturated carbocycles. The first-order valence-corrected chi connectivity index (χ1v) is 9.84. The maximum absolute atomic E-state index is 13.1. The first-order chi connectivity index (χ1) is 12.5. The van der Waals surface area contributed by atoms with Crippen molar-refractivity contribution in [1.82, 2.24) is 19.6 Å². The summed E-state index contributed by atoms with van der Waals surface area (Å²) in [7, 11) is 0. The highest BCUT2D eigenvalue weighted by atomic mass is 35.5. The Morgan fingerprint density at radius 2 is 1.85 bits per heavy atom. The predicted molar refractivity (Wildman–Crippen MR) is 106 cm³/mol. The maximum Gasteiger partial charge on any atom is 0.257 e. The minimum absolute atomic E-state index is 0.0653. The molecule has 1 saturated heterocycles. The van der Waals surface area contributed by atoms with E-state index in [1.54, 1.807) is 23.0 Å². The highest BCUT2D eigenvalue weighted by Gasteiger charge is 2.25. The standard InChI is InChI=1S/C19H24Cl2N4O/c1-3-5-18-15(19(26)24-10-8-23(4-2)9-11-24)13-22-25(18)14-6-7-16(20)17(21)12-14/h6-7,12-13H,3-5,8-11H2,1-2H3. The number of piperazine rings is 1. The molecule has 2 aromatic rings. The van der Waals surface area contributed by atoms with Crippen LogP contribution in [0, 0.1) is 0 Å². The lowest BCUT2D eigenvalue weighted by molar-refractivity contribution is 0.0642. The quantitative estimate of drug-likeness (QED) is 0.771. The van der Waals surface area contributed by atoms with Crippen molar-refractivity contribution in [2.24, 2.45) is 0 Å². The number of halogens is 2. The molecule has 1 amide bonds. The van der Waals surface area contributed by atoms with Gasteiger partial charge < -0.3 is 9.80 Å². The van der Waals surface area contributed by atoms with Crippen LogP contribution < -0.4 is 0 Å². The van der Waals surface area contributed by atoms with Gasteiger partial charge in [-0.15, -0.1) is 0 Å². The van der Waals surface area contributed by atoms with Crippen LogP contribution in [0.5, 0.6) is 0 Å². The minimum atomic E-state index is 0.0653. The van der Waals surface area contributed by atoms with Crippen molar-refractivity contribution >= 4 is 29.1 Å². The summed E-state index contributed by atoms with van der Waals surface area (Å²) in [5.74, 6) is 0.0653. The van der Waals surface area contributed by atoms with E-state index < -0.39 is 0 Å². The Labute approximate surface area is 164 Å². The van der Waals surface area contributed by atoms with E-state index in [0.717, 1.165) is 56.9 Å². The van der Waals surface area contributed by atoms with Gasteiger partial charge in [-0.2, -0.15) is 5.10 Å². The summed E-state index contributed by atoms with van der Waals surface area (Å²) in [5, 5.41) is 5.46. The number of hydrogen-bond donors (Lipinski definition) is 0. The van der Waals surface area contributed by atoms with Gasteiger partial charge in [0.1, 0.15) is 0 Å². The Balaban J connectivity index is 1.89. The zero-order valence-corrected chi connectivity index (χ0v) is 16.7. The molecule has 140 valence electrons. The lowest BCUT2D eigenvalue weighted by Crippen LogP contribution is -2.48. The third-order valence-electron chi connectivity index (χ3n) is 4.84. The molecule has 26 heavy (non-hydrogen) atoms. The number of rotatable bonds is 5. The molecule has 0 atom stereocenters. The second-order valence-electron chi connectivity index (χ2n) is 6.49. The zero-order valence-electron chi connectivity index (χ0n) is 15.2. The summed E-state index contributed by atoms with van der Waals surface area (Å²) in [5.41, 5.74) is 2.43. The smallest absolute Gasteiger partial charge is 0.257 e. The van der Waals surface area contributed by atoms with Gasteiger partial charge in [-0.3, -0.25) is 4.79 Å². The van der Waals surface area contributed by atoms with Crippen LogP contribution in [0.15, 0.2) is 24.4 Å². The molecule has 0 radical (unpaired) electrons. The SMILES string of the molecule is CCCc1c(C(=O)N2CCN(CC)CC2)cnn1-c1ccc(Cl)c(Cl)c1. The Morgan fingerprint density at radius 1 is 1.12 bits per heavy atom. The molecule has 2 heterocycles. The molecular formula is C19H24Cl2N4O. The topological polar surface area (TPSA) is 41.4 Å². The molecule has 0 aliphatic carbocycles. The van der Waals surface area contributed by atoms with Crippen LogP contribution in [0.2, 0.25) is 10.0 Å². The average molecular weight is 395 g/mol. The predicted octanol–water partition coefficient (Wildman–Crippen LogP) is 3.91. The summed E-state index contributed by atoms with van der Waals surface area (Å²) in [6.07, 6.45) is 3.38. The van der Waals surface area contributed by atoms with Crippen LogP contribution in [-0.2, 0) is 6.42 Å². The maximum atomic E-state index is 13.1. The van der Waals surface area contributed by atoms with Gasteiger partial charge in [0.15, 0.2) is 0 Å². The van der Waals surface area contributed by atoms with E-state index in [0.29, 0.717) is 15.6 Å². The fourth-order valence-electron chi connectivity index (χ4n) is 3.31. The summed E-state index contributed by atoms with van der Waals surface area (Å²) in [4.78, 5) is 17.4. The normalized spacial score (nSPS) is 15.5. The number of carbonyl (C=O) groups is 1. The highest BCUT2D eigenvalue weighted by Crippen LogP contribution is 2.26. The lowest BCUT2D eigenvalue weighted by Gasteiger charge is -2.34. The van der Waals surface area contributed by atoms with E-state index in [-0.39, 0.29) is 5.91 Å². The third-order valence-corrected chi connectivity index (χ3v) is 5.58. The van der Waals surface area contributed by atoms with E-state index in [1.165, 1.54) is 0 Å². The molecule has 1 aliphatic rings. The van der Waals surface area contributed by atoms with Crippen molar-refractivity contribution in [3.63, 3.8) is 0 Å². The molecular weight excluding hydrogens is 371 g/mol. The van der Waals surface area contributed by atoms with Gasteiger partial charge in [0.25, 0.3) is 5.91 Å².